The van der Waals surface area contributed by atoms with Crippen molar-refractivity contribution < 1.29 is 27.1 Å². The summed E-state index contributed by atoms with van der Waals surface area (Å²) >= 11 is 0. The molecule has 5 rings (SSSR count). The zero-order valence-corrected chi connectivity index (χ0v) is 17.5. The fourth-order valence-electron chi connectivity index (χ4n) is 3.79. The van der Waals surface area contributed by atoms with Crippen LogP contribution < -0.4 is 15.4 Å². The summed E-state index contributed by atoms with van der Waals surface area (Å²) < 4.78 is 49.6. The van der Waals surface area contributed by atoms with Crippen LogP contribution in [-0.2, 0) is 4.79 Å². The number of anilines is 2. The molecular weight excluding hydrogens is 439 g/mol. The van der Waals surface area contributed by atoms with Gasteiger partial charge in [0, 0.05) is 36.3 Å². The van der Waals surface area contributed by atoms with E-state index in [1.807, 2.05) is 0 Å². The average Bonchev–Trinajstić information content (AvgIpc) is 3.51. The lowest BCUT2D eigenvalue weighted by Crippen LogP contribution is -2.20. The van der Waals surface area contributed by atoms with Crippen LogP contribution in [-0.4, -0.2) is 41.2 Å². The molecule has 0 unspecified atom stereocenters. The first-order valence-corrected chi connectivity index (χ1v) is 10.1. The molecule has 1 saturated carbocycles. The van der Waals surface area contributed by atoms with Crippen molar-refractivity contribution in [3.8, 4) is 17.2 Å². The number of hydrogen-bond acceptors (Lipinski definition) is 7. The molecule has 170 valence electrons. The fourth-order valence-corrected chi connectivity index (χ4v) is 3.79. The number of ether oxygens (including phenoxy) is 1. The highest BCUT2D eigenvalue weighted by Crippen LogP contribution is 2.50. The number of aromatic nitrogens is 3. The van der Waals surface area contributed by atoms with E-state index in [-0.39, 0.29) is 12.2 Å². The van der Waals surface area contributed by atoms with Crippen LogP contribution in [0, 0.1) is 11.8 Å². The number of rotatable bonds is 5. The maximum Gasteiger partial charge on any atom is 0.392 e. The van der Waals surface area contributed by atoms with Crippen molar-refractivity contribution in [3.05, 3.63) is 36.7 Å². The normalized spacial score (nSPS) is 17.8. The van der Waals surface area contributed by atoms with Gasteiger partial charge in [0.1, 0.15) is 22.9 Å². The van der Waals surface area contributed by atoms with Gasteiger partial charge in [-0.2, -0.15) is 13.2 Å². The Morgan fingerprint density at radius 1 is 1.18 bits per heavy atom. The molecule has 0 spiro atoms. The lowest BCUT2D eigenvalue weighted by molar-refractivity contribution is -0.153. The van der Waals surface area contributed by atoms with Gasteiger partial charge in [-0.3, -0.25) is 4.79 Å². The van der Waals surface area contributed by atoms with Crippen molar-refractivity contribution in [2.75, 3.05) is 24.8 Å². The Hall–Kier alpha value is -3.89. The summed E-state index contributed by atoms with van der Waals surface area (Å²) in [6, 6.07) is 6.80. The maximum atomic E-state index is 12.8. The number of amides is 1. The molecular formula is C22H18F3N5O3. The number of halogens is 3. The van der Waals surface area contributed by atoms with Crippen LogP contribution in [0.3, 0.4) is 0 Å². The van der Waals surface area contributed by atoms with Crippen molar-refractivity contribution in [1.29, 1.82) is 0 Å². The summed E-state index contributed by atoms with van der Waals surface area (Å²) in [6.45, 7) is 0. The number of methoxy groups -OCH3 is 1. The topological polar surface area (TPSA) is 102 Å². The first kappa shape index (κ1) is 21.0. The molecule has 3 aromatic heterocycles. The number of nitrogens with zero attached hydrogens (tertiary/aromatic N) is 3. The largest absolute Gasteiger partial charge is 0.497 e. The fraction of sp³-hybridized carbons (Fsp3) is 0.273. The molecule has 2 atom stereocenters. The molecule has 1 aromatic carbocycles. The number of pyridine rings is 2. The Morgan fingerprint density at radius 2 is 2.00 bits per heavy atom. The van der Waals surface area contributed by atoms with Gasteiger partial charge in [-0.05, 0) is 24.6 Å². The van der Waals surface area contributed by atoms with Crippen LogP contribution in [0.4, 0.5) is 24.8 Å². The Labute approximate surface area is 185 Å². The van der Waals surface area contributed by atoms with Gasteiger partial charge in [0.05, 0.1) is 24.5 Å². The van der Waals surface area contributed by atoms with Gasteiger partial charge in [-0.25, -0.2) is 15.0 Å². The predicted octanol–water partition coefficient (Wildman–Crippen LogP) is 4.63. The van der Waals surface area contributed by atoms with Crippen LogP contribution in [0.1, 0.15) is 6.42 Å². The third-order valence-corrected chi connectivity index (χ3v) is 5.63. The average molecular weight is 457 g/mol. The van der Waals surface area contributed by atoms with Crippen molar-refractivity contribution in [3.63, 3.8) is 0 Å². The van der Waals surface area contributed by atoms with Crippen LogP contribution in [0.25, 0.3) is 33.3 Å². The van der Waals surface area contributed by atoms with Gasteiger partial charge in [-0.15, -0.1) is 0 Å². The van der Waals surface area contributed by atoms with Gasteiger partial charge >= 0.3 is 6.18 Å². The minimum absolute atomic E-state index is 0.132. The molecule has 0 bridgehead atoms. The summed E-state index contributed by atoms with van der Waals surface area (Å²) in [5.41, 5.74) is 1.67. The van der Waals surface area contributed by atoms with E-state index in [4.69, 9.17) is 9.15 Å². The molecule has 33 heavy (non-hydrogen) atoms. The second-order valence-corrected chi connectivity index (χ2v) is 7.72. The molecule has 1 aliphatic carbocycles. The summed E-state index contributed by atoms with van der Waals surface area (Å²) in [5, 5.41) is 6.71. The van der Waals surface area contributed by atoms with Gasteiger partial charge < -0.3 is 19.8 Å². The highest BCUT2D eigenvalue weighted by atomic mass is 19.4. The van der Waals surface area contributed by atoms with Gasteiger partial charge in [0.25, 0.3) is 0 Å². The Balaban J connectivity index is 1.53. The highest BCUT2D eigenvalue weighted by molar-refractivity contribution is 6.03. The van der Waals surface area contributed by atoms with E-state index >= 15 is 0 Å². The standard InChI is InChI=1S/C22H18F3N5O3/c1-26-19-13-8-27-18(30-20(31)12-6-15(12)22(23,24)25)7-11(13)14(9-28-19)21-29-16-5-10(32-2)3-4-17(16)33-21/h3-5,7-9,12,15H,6H2,1-2H3,(H,26,28)(H,27,30,31)/t12-,15-/m1/s1. The van der Waals surface area contributed by atoms with E-state index in [2.05, 4.69) is 25.6 Å². The minimum Gasteiger partial charge on any atom is -0.497 e. The SMILES string of the molecule is CNc1ncc(-c2nc3cc(OC)ccc3o2)c2cc(NC(=O)[C@@H]3C[C@H]3C(F)(F)F)ncc12. The van der Waals surface area contributed by atoms with Gasteiger partial charge in [0.15, 0.2) is 5.58 Å². The third-order valence-electron chi connectivity index (χ3n) is 5.63. The number of fused-ring (bicyclic) bond motifs is 2. The number of hydrogen-bond donors (Lipinski definition) is 2. The number of carbonyl (C=O) groups excluding carboxylic acids is 1. The van der Waals surface area contributed by atoms with Crippen molar-refractivity contribution in [1.82, 2.24) is 15.0 Å². The summed E-state index contributed by atoms with van der Waals surface area (Å²) in [6.07, 6.45) is -1.53. The molecule has 3 heterocycles. The number of benzene rings is 1. The second-order valence-electron chi connectivity index (χ2n) is 7.72. The smallest absolute Gasteiger partial charge is 0.392 e. The van der Waals surface area contributed by atoms with Crippen molar-refractivity contribution in [2.45, 2.75) is 12.6 Å². The zero-order valence-electron chi connectivity index (χ0n) is 17.5. The van der Waals surface area contributed by atoms with E-state index in [0.717, 1.165) is 0 Å². The summed E-state index contributed by atoms with van der Waals surface area (Å²) in [5.74, 6) is -1.82. The lowest BCUT2D eigenvalue weighted by Gasteiger charge is -2.11. The van der Waals surface area contributed by atoms with Crippen LogP contribution in [0.5, 0.6) is 5.75 Å². The third kappa shape index (κ3) is 3.79. The molecule has 2 N–H and O–H groups in total. The molecule has 0 aliphatic heterocycles. The highest BCUT2D eigenvalue weighted by Gasteiger charge is 2.58. The number of carbonyl (C=O) groups is 1. The maximum absolute atomic E-state index is 12.8. The Morgan fingerprint density at radius 3 is 2.70 bits per heavy atom. The van der Waals surface area contributed by atoms with E-state index in [9.17, 15) is 18.0 Å². The molecule has 1 aliphatic rings. The predicted molar refractivity (Wildman–Crippen MR) is 115 cm³/mol. The second kappa shape index (κ2) is 7.61. The summed E-state index contributed by atoms with van der Waals surface area (Å²) in [4.78, 5) is 25.4. The van der Waals surface area contributed by atoms with E-state index in [1.165, 1.54) is 6.20 Å². The molecule has 11 heteroatoms. The Bertz CT molecular complexity index is 1390. The monoisotopic (exact) mass is 457 g/mol. The molecule has 8 nitrogen and oxygen atoms in total. The zero-order chi connectivity index (χ0) is 23.3. The van der Waals surface area contributed by atoms with Gasteiger partial charge in [-0.1, -0.05) is 0 Å². The number of nitrogens with one attached hydrogen (secondary N) is 2. The molecule has 1 fully saturated rings. The van der Waals surface area contributed by atoms with Crippen molar-refractivity contribution in [2.24, 2.45) is 11.8 Å². The molecule has 0 radical (unpaired) electrons. The van der Waals surface area contributed by atoms with Crippen LogP contribution in [0.2, 0.25) is 0 Å². The quantitative estimate of drug-likeness (QED) is 0.451. The molecule has 0 saturated heterocycles. The Kier molecular flexibility index (Phi) is 4.84. The molecule has 4 aromatic rings. The van der Waals surface area contributed by atoms with Gasteiger partial charge in [0.2, 0.25) is 11.8 Å². The van der Waals surface area contributed by atoms with Crippen LogP contribution >= 0.6 is 0 Å². The van der Waals surface area contributed by atoms with E-state index in [1.54, 1.807) is 44.6 Å². The molecule has 1 amide bonds. The van der Waals surface area contributed by atoms with E-state index in [0.29, 0.717) is 44.9 Å². The lowest BCUT2D eigenvalue weighted by atomic mass is 10.1. The van der Waals surface area contributed by atoms with Crippen molar-refractivity contribution >= 4 is 39.4 Å². The number of alkyl halides is 3. The number of oxazole rings is 1. The van der Waals surface area contributed by atoms with E-state index < -0.39 is 23.9 Å². The first-order chi connectivity index (χ1) is 15.8. The van der Waals surface area contributed by atoms with Crippen LogP contribution in [0.15, 0.2) is 41.1 Å². The summed E-state index contributed by atoms with van der Waals surface area (Å²) in [7, 11) is 3.25. The minimum atomic E-state index is -4.38. The first-order valence-electron chi connectivity index (χ1n) is 10.1.